The number of rotatable bonds is 3. The maximum absolute atomic E-state index is 12.2. The molecule has 21 heavy (non-hydrogen) atoms. The van der Waals surface area contributed by atoms with Crippen LogP contribution in [0.25, 0.3) is 0 Å². The number of sulfonamides is 1. The number of aryl methyl sites for hydroxylation is 1. The van der Waals surface area contributed by atoms with Crippen LogP contribution in [0.3, 0.4) is 0 Å². The highest BCUT2D eigenvalue weighted by Gasteiger charge is 2.14. The fourth-order valence-corrected chi connectivity index (χ4v) is 2.70. The summed E-state index contributed by atoms with van der Waals surface area (Å²) in [5.74, 6) is 5.67. The van der Waals surface area contributed by atoms with Crippen molar-refractivity contribution in [2.24, 2.45) is 5.73 Å². The second kappa shape index (κ2) is 6.39. The van der Waals surface area contributed by atoms with Gasteiger partial charge in [0.2, 0.25) is 0 Å². The molecule has 0 atom stereocenters. The molecule has 108 valence electrons. The van der Waals surface area contributed by atoms with Crippen molar-refractivity contribution in [2.45, 2.75) is 11.8 Å². The number of hydrogen-bond donors (Lipinski definition) is 2. The van der Waals surface area contributed by atoms with E-state index in [9.17, 15) is 8.42 Å². The molecule has 0 aliphatic carbocycles. The largest absolute Gasteiger partial charge is 0.320 e. The van der Waals surface area contributed by atoms with Crippen molar-refractivity contribution in [2.75, 3.05) is 11.3 Å². The van der Waals surface area contributed by atoms with Crippen LogP contribution in [0, 0.1) is 18.8 Å². The minimum Gasteiger partial charge on any atom is -0.320 e. The summed E-state index contributed by atoms with van der Waals surface area (Å²) >= 11 is 0. The molecule has 2 rings (SSSR count). The maximum Gasteiger partial charge on any atom is 0.263 e. The first-order valence-electron chi connectivity index (χ1n) is 6.25. The van der Waals surface area contributed by atoms with Crippen LogP contribution >= 0.6 is 0 Å². The van der Waals surface area contributed by atoms with Crippen LogP contribution in [0.5, 0.6) is 0 Å². The molecular formula is C15H15N3O2S. The molecule has 0 unspecified atom stereocenters. The summed E-state index contributed by atoms with van der Waals surface area (Å²) in [5, 5.41) is 0. The predicted octanol–water partition coefficient (Wildman–Crippen LogP) is 1.50. The van der Waals surface area contributed by atoms with Gasteiger partial charge in [-0.25, -0.2) is 8.42 Å². The summed E-state index contributed by atoms with van der Waals surface area (Å²) in [7, 11) is -3.65. The van der Waals surface area contributed by atoms with Crippen LogP contribution in [0.4, 0.5) is 5.69 Å². The summed E-state index contributed by atoms with van der Waals surface area (Å²) in [6, 6.07) is 8.24. The highest BCUT2D eigenvalue weighted by molar-refractivity contribution is 7.92. The molecule has 0 saturated heterocycles. The second-order valence-corrected chi connectivity index (χ2v) is 6.01. The lowest BCUT2D eigenvalue weighted by atomic mass is 10.1. The zero-order valence-corrected chi connectivity index (χ0v) is 12.3. The standard InChI is InChI=1S/C15H15N3O2S/c1-12-6-7-14(10-13(12)4-2-8-16)18-21(19,20)15-5-3-9-17-11-15/h3,5-7,9-11,18H,8,16H2,1H3. The van der Waals surface area contributed by atoms with Crippen LogP contribution in [0.2, 0.25) is 0 Å². The zero-order chi connectivity index (χ0) is 15.3. The summed E-state index contributed by atoms with van der Waals surface area (Å²) in [5.41, 5.74) is 7.50. The third-order valence-electron chi connectivity index (χ3n) is 2.76. The minimum absolute atomic E-state index is 0.111. The van der Waals surface area contributed by atoms with Gasteiger partial charge in [-0.2, -0.15) is 0 Å². The van der Waals surface area contributed by atoms with E-state index in [1.54, 1.807) is 18.2 Å². The third-order valence-corrected chi connectivity index (χ3v) is 4.13. The number of hydrogen-bond acceptors (Lipinski definition) is 4. The number of nitrogens with zero attached hydrogens (tertiary/aromatic N) is 1. The predicted molar refractivity (Wildman–Crippen MR) is 82.2 cm³/mol. The number of aromatic nitrogens is 1. The zero-order valence-electron chi connectivity index (χ0n) is 11.5. The van der Waals surface area contributed by atoms with Crippen molar-refractivity contribution in [1.29, 1.82) is 0 Å². The molecule has 0 aliphatic rings. The van der Waals surface area contributed by atoms with Crippen molar-refractivity contribution >= 4 is 15.7 Å². The molecule has 0 amide bonds. The van der Waals surface area contributed by atoms with E-state index in [0.29, 0.717) is 5.69 Å². The van der Waals surface area contributed by atoms with Gasteiger partial charge >= 0.3 is 0 Å². The molecule has 3 N–H and O–H groups in total. The quantitative estimate of drug-likeness (QED) is 0.841. The van der Waals surface area contributed by atoms with E-state index in [-0.39, 0.29) is 11.4 Å². The van der Waals surface area contributed by atoms with Gasteiger partial charge in [-0.05, 0) is 36.8 Å². The first-order chi connectivity index (χ1) is 10.0. The van der Waals surface area contributed by atoms with Crippen LogP contribution in [-0.4, -0.2) is 19.9 Å². The van der Waals surface area contributed by atoms with Crippen molar-refractivity contribution in [1.82, 2.24) is 4.98 Å². The molecule has 0 radical (unpaired) electrons. The topological polar surface area (TPSA) is 85.1 Å². The summed E-state index contributed by atoms with van der Waals surface area (Å²) in [4.78, 5) is 3.92. The molecule has 6 heteroatoms. The number of nitrogens with one attached hydrogen (secondary N) is 1. The molecule has 0 saturated carbocycles. The van der Waals surface area contributed by atoms with Gasteiger partial charge in [-0.15, -0.1) is 0 Å². The Labute approximate surface area is 124 Å². The Bertz CT molecular complexity index is 791. The smallest absolute Gasteiger partial charge is 0.263 e. The van der Waals surface area contributed by atoms with Crippen molar-refractivity contribution in [3.63, 3.8) is 0 Å². The van der Waals surface area contributed by atoms with Crippen molar-refractivity contribution < 1.29 is 8.42 Å². The van der Waals surface area contributed by atoms with E-state index in [4.69, 9.17) is 5.73 Å². The Morgan fingerprint density at radius 3 is 2.81 bits per heavy atom. The molecule has 1 aromatic carbocycles. The van der Waals surface area contributed by atoms with Gasteiger partial charge in [0, 0.05) is 18.0 Å². The van der Waals surface area contributed by atoms with Gasteiger partial charge in [0.05, 0.1) is 12.2 Å². The van der Waals surface area contributed by atoms with Gasteiger partial charge in [0.15, 0.2) is 0 Å². The Hall–Kier alpha value is -2.36. The second-order valence-electron chi connectivity index (χ2n) is 4.33. The molecule has 5 nitrogen and oxygen atoms in total. The lowest BCUT2D eigenvalue weighted by Gasteiger charge is -2.09. The molecule has 0 fully saturated rings. The number of anilines is 1. The van der Waals surface area contributed by atoms with Crippen LogP contribution in [0.15, 0.2) is 47.6 Å². The van der Waals surface area contributed by atoms with Gasteiger partial charge in [0.25, 0.3) is 10.0 Å². The number of nitrogens with two attached hydrogens (primary N) is 1. The average molecular weight is 301 g/mol. The monoisotopic (exact) mass is 301 g/mol. The van der Waals surface area contributed by atoms with Gasteiger partial charge < -0.3 is 5.73 Å². The highest BCUT2D eigenvalue weighted by atomic mass is 32.2. The Morgan fingerprint density at radius 2 is 2.14 bits per heavy atom. The summed E-state index contributed by atoms with van der Waals surface area (Å²) < 4.78 is 26.9. The highest BCUT2D eigenvalue weighted by Crippen LogP contribution is 2.18. The van der Waals surface area contributed by atoms with E-state index in [0.717, 1.165) is 11.1 Å². The van der Waals surface area contributed by atoms with Gasteiger partial charge in [-0.3, -0.25) is 9.71 Å². The fraction of sp³-hybridized carbons (Fsp3) is 0.133. The number of benzene rings is 1. The minimum atomic E-state index is -3.65. The van der Waals surface area contributed by atoms with Crippen molar-refractivity contribution in [3.8, 4) is 11.8 Å². The van der Waals surface area contributed by atoms with Crippen LogP contribution < -0.4 is 10.5 Å². The molecule has 1 aromatic heterocycles. The molecular weight excluding hydrogens is 286 g/mol. The lowest BCUT2D eigenvalue weighted by Crippen LogP contribution is -2.13. The van der Waals surface area contributed by atoms with Gasteiger partial charge in [0.1, 0.15) is 4.90 Å². The molecule has 0 bridgehead atoms. The maximum atomic E-state index is 12.2. The molecule has 0 aliphatic heterocycles. The van der Waals surface area contributed by atoms with Crippen LogP contribution in [-0.2, 0) is 10.0 Å². The van der Waals surface area contributed by atoms with Crippen LogP contribution in [0.1, 0.15) is 11.1 Å². The third kappa shape index (κ3) is 3.81. The summed E-state index contributed by atoms with van der Waals surface area (Å²) in [6.45, 7) is 2.16. The summed E-state index contributed by atoms with van der Waals surface area (Å²) in [6.07, 6.45) is 2.82. The average Bonchev–Trinajstić information content (AvgIpc) is 2.48. The fourth-order valence-electron chi connectivity index (χ4n) is 1.69. The molecule has 0 spiro atoms. The first-order valence-corrected chi connectivity index (χ1v) is 7.73. The number of pyridine rings is 1. The Morgan fingerprint density at radius 1 is 1.33 bits per heavy atom. The Balaban J connectivity index is 2.32. The lowest BCUT2D eigenvalue weighted by molar-refractivity contribution is 0.601. The van der Waals surface area contributed by atoms with E-state index in [2.05, 4.69) is 21.5 Å². The van der Waals surface area contributed by atoms with Crippen molar-refractivity contribution in [3.05, 3.63) is 53.9 Å². The normalized spacial score (nSPS) is 10.6. The van der Waals surface area contributed by atoms with E-state index in [1.807, 2.05) is 13.0 Å². The van der Waals surface area contributed by atoms with E-state index >= 15 is 0 Å². The SMILES string of the molecule is Cc1ccc(NS(=O)(=O)c2cccnc2)cc1C#CCN. The first kappa shape index (κ1) is 15.0. The Kier molecular flexibility index (Phi) is 4.58. The molecule has 1 heterocycles. The van der Waals surface area contributed by atoms with Gasteiger partial charge in [-0.1, -0.05) is 17.9 Å². The molecule has 2 aromatic rings. The van der Waals surface area contributed by atoms with E-state index < -0.39 is 10.0 Å². The van der Waals surface area contributed by atoms with E-state index in [1.165, 1.54) is 18.5 Å².